The standard InChI is InChI=1S/C14H22ClN3O/c1-14(2,18(3)4)9-17-8-11-6-5-10(13(16)19)7-12(11)15/h5-7,17H,8-9H2,1-4H3,(H2,16,19). The highest BCUT2D eigenvalue weighted by molar-refractivity contribution is 6.31. The lowest BCUT2D eigenvalue weighted by Gasteiger charge is -2.32. The van der Waals surface area contributed by atoms with Crippen LogP contribution in [0.5, 0.6) is 0 Å². The van der Waals surface area contributed by atoms with Crippen LogP contribution in [0.3, 0.4) is 0 Å². The second-order valence-electron chi connectivity index (χ2n) is 5.48. The zero-order valence-corrected chi connectivity index (χ0v) is 12.7. The zero-order valence-electron chi connectivity index (χ0n) is 12.0. The van der Waals surface area contributed by atoms with Gasteiger partial charge in [0, 0.05) is 29.2 Å². The summed E-state index contributed by atoms with van der Waals surface area (Å²) in [6, 6.07) is 5.14. The summed E-state index contributed by atoms with van der Waals surface area (Å²) in [5.74, 6) is -0.463. The molecule has 0 radical (unpaired) electrons. The Labute approximate surface area is 119 Å². The number of halogens is 1. The van der Waals surface area contributed by atoms with E-state index >= 15 is 0 Å². The summed E-state index contributed by atoms with van der Waals surface area (Å²) in [6.45, 7) is 5.83. The van der Waals surface area contributed by atoms with Gasteiger partial charge in [0.1, 0.15) is 0 Å². The SMILES string of the molecule is CN(C)C(C)(C)CNCc1ccc(C(N)=O)cc1Cl. The molecule has 4 nitrogen and oxygen atoms in total. The second-order valence-corrected chi connectivity index (χ2v) is 5.89. The summed E-state index contributed by atoms with van der Waals surface area (Å²) in [7, 11) is 4.10. The van der Waals surface area contributed by atoms with Crippen LogP contribution < -0.4 is 11.1 Å². The molecular weight excluding hydrogens is 262 g/mol. The summed E-state index contributed by atoms with van der Waals surface area (Å²) < 4.78 is 0. The molecule has 1 amide bonds. The third-order valence-corrected chi connectivity index (χ3v) is 3.77. The maximum atomic E-state index is 11.0. The Morgan fingerprint density at radius 2 is 2.05 bits per heavy atom. The van der Waals surface area contributed by atoms with Crippen molar-refractivity contribution in [3.63, 3.8) is 0 Å². The minimum Gasteiger partial charge on any atom is -0.366 e. The molecule has 0 aliphatic heterocycles. The molecule has 0 aliphatic carbocycles. The van der Waals surface area contributed by atoms with Gasteiger partial charge in [-0.2, -0.15) is 0 Å². The lowest BCUT2D eigenvalue weighted by molar-refractivity contribution is 0.100. The Hall–Kier alpha value is -1.10. The number of rotatable bonds is 6. The van der Waals surface area contributed by atoms with Crippen molar-refractivity contribution in [2.75, 3.05) is 20.6 Å². The van der Waals surface area contributed by atoms with Gasteiger partial charge in [-0.1, -0.05) is 17.7 Å². The lowest BCUT2D eigenvalue weighted by Crippen LogP contribution is -2.46. The van der Waals surface area contributed by atoms with E-state index in [0.29, 0.717) is 17.1 Å². The zero-order chi connectivity index (χ0) is 14.6. The van der Waals surface area contributed by atoms with Gasteiger partial charge in [0.2, 0.25) is 5.91 Å². The number of hydrogen-bond donors (Lipinski definition) is 2. The van der Waals surface area contributed by atoms with E-state index in [4.69, 9.17) is 17.3 Å². The first-order chi connectivity index (χ1) is 8.74. The smallest absolute Gasteiger partial charge is 0.248 e. The number of carbonyl (C=O) groups is 1. The van der Waals surface area contributed by atoms with Crippen LogP contribution in [0.25, 0.3) is 0 Å². The number of hydrogen-bond acceptors (Lipinski definition) is 3. The van der Waals surface area contributed by atoms with Gasteiger partial charge in [0.15, 0.2) is 0 Å². The maximum Gasteiger partial charge on any atom is 0.248 e. The van der Waals surface area contributed by atoms with E-state index in [1.54, 1.807) is 12.1 Å². The molecule has 0 saturated carbocycles. The molecule has 0 saturated heterocycles. The number of carbonyl (C=O) groups excluding carboxylic acids is 1. The third kappa shape index (κ3) is 4.49. The van der Waals surface area contributed by atoms with Crippen molar-refractivity contribution < 1.29 is 4.79 Å². The Morgan fingerprint density at radius 1 is 1.42 bits per heavy atom. The topological polar surface area (TPSA) is 58.4 Å². The molecule has 0 aliphatic rings. The first-order valence-electron chi connectivity index (χ1n) is 6.20. The molecule has 1 aromatic rings. The van der Waals surface area contributed by atoms with Crippen LogP contribution in [0.4, 0.5) is 0 Å². The van der Waals surface area contributed by atoms with Crippen molar-refractivity contribution in [3.05, 3.63) is 34.3 Å². The molecule has 0 bridgehead atoms. The summed E-state index contributed by atoms with van der Waals surface area (Å²) in [5, 5.41) is 3.93. The van der Waals surface area contributed by atoms with Gasteiger partial charge in [0.05, 0.1) is 0 Å². The highest BCUT2D eigenvalue weighted by Crippen LogP contribution is 2.18. The highest BCUT2D eigenvalue weighted by atomic mass is 35.5. The number of nitrogens with one attached hydrogen (secondary N) is 1. The number of nitrogens with two attached hydrogens (primary N) is 1. The quantitative estimate of drug-likeness (QED) is 0.838. The molecule has 0 atom stereocenters. The summed E-state index contributed by atoms with van der Waals surface area (Å²) in [4.78, 5) is 13.2. The number of primary amides is 1. The first-order valence-corrected chi connectivity index (χ1v) is 6.58. The minimum atomic E-state index is -0.463. The van der Waals surface area contributed by atoms with Gasteiger partial charge < -0.3 is 16.0 Å². The van der Waals surface area contributed by atoms with Crippen molar-refractivity contribution in [2.45, 2.75) is 25.9 Å². The second kappa shape index (κ2) is 6.37. The molecule has 0 fully saturated rings. The fourth-order valence-electron chi connectivity index (χ4n) is 1.51. The van der Waals surface area contributed by atoms with Gasteiger partial charge in [0.25, 0.3) is 0 Å². The Bertz CT molecular complexity index is 458. The molecule has 0 spiro atoms. The average molecular weight is 284 g/mol. The number of nitrogens with zero attached hydrogens (tertiary/aromatic N) is 1. The van der Waals surface area contributed by atoms with Crippen LogP contribution in [-0.2, 0) is 6.54 Å². The van der Waals surface area contributed by atoms with Crippen LogP contribution in [-0.4, -0.2) is 37.0 Å². The summed E-state index contributed by atoms with van der Waals surface area (Å²) in [5.41, 5.74) is 6.67. The predicted molar refractivity (Wildman–Crippen MR) is 79.4 cm³/mol. The first kappa shape index (κ1) is 16.0. The van der Waals surface area contributed by atoms with E-state index in [-0.39, 0.29) is 5.54 Å². The van der Waals surface area contributed by atoms with E-state index in [2.05, 4.69) is 38.2 Å². The van der Waals surface area contributed by atoms with Gasteiger partial charge in [-0.3, -0.25) is 4.79 Å². The number of likely N-dealkylation sites (N-methyl/N-ethyl adjacent to an activating group) is 1. The van der Waals surface area contributed by atoms with E-state index in [1.807, 2.05) is 6.07 Å². The van der Waals surface area contributed by atoms with Gasteiger partial charge in [-0.15, -0.1) is 0 Å². The van der Waals surface area contributed by atoms with Crippen molar-refractivity contribution in [2.24, 2.45) is 5.73 Å². The Morgan fingerprint density at radius 3 is 2.53 bits per heavy atom. The largest absolute Gasteiger partial charge is 0.366 e. The fourth-order valence-corrected chi connectivity index (χ4v) is 1.75. The molecule has 5 heteroatoms. The Kier molecular flexibility index (Phi) is 5.35. The lowest BCUT2D eigenvalue weighted by atomic mass is 10.0. The molecule has 19 heavy (non-hydrogen) atoms. The van der Waals surface area contributed by atoms with Gasteiger partial charge in [-0.25, -0.2) is 0 Å². The van der Waals surface area contributed by atoms with E-state index in [9.17, 15) is 4.79 Å². The van der Waals surface area contributed by atoms with Crippen molar-refractivity contribution >= 4 is 17.5 Å². The molecular formula is C14H22ClN3O. The molecule has 106 valence electrons. The third-order valence-electron chi connectivity index (χ3n) is 3.42. The van der Waals surface area contributed by atoms with Crippen molar-refractivity contribution in [1.82, 2.24) is 10.2 Å². The molecule has 1 aromatic carbocycles. The Balaban J connectivity index is 2.62. The molecule has 0 heterocycles. The normalized spacial score (nSPS) is 11.9. The summed E-state index contributed by atoms with van der Waals surface area (Å²) >= 11 is 6.13. The molecule has 0 unspecified atom stereocenters. The monoisotopic (exact) mass is 283 g/mol. The molecule has 3 N–H and O–H groups in total. The summed E-state index contributed by atoms with van der Waals surface area (Å²) in [6.07, 6.45) is 0. The van der Waals surface area contributed by atoms with Gasteiger partial charge >= 0.3 is 0 Å². The number of amides is 1. The van der Waals surface area contributed by atoms with E-state index < -0.39 is 5.91 Å². The number of benzene rings is 1. The average Bonchev–Trinajstić information content (AvgIpc) is 2.30. The van der Waals surface area contributed by atoms with Crippen molar-refractivity contribution in [1.29, 1.82) is 0 Å². The van der Waals surface area contributed by atoms with Gasteiger partial charge in [-0.05, 0) is 45.6 Å². The van der Waals surface area contributed by atoms with Crippen LogP contribution in [0, 0.1) is 0 Å². The maximum absolute atomic E-state index is 11.0. The molecule has 0 aromatic heterocycles. The van der Waals surface area contributed by atoms with E-state index in [1.165, 1.54) is 0 Å². The van der Waals surface area contributed by atoms with E-state index in [0.717, 1.165) is 12.1 Å². The fraction of sp³-hybridized carbons (Fsp3) is 0.500. The molecule has 1 rings (SSSR count). The van der Waals surface area contributed by atoms with Crippen LogP contribution in [0.2, 0.25) is 5.02 Å². The van der Waals surface area contributed by atoms with Crippen LogP contribution >= 0.6 is 11.6 Å². The minimum absolute atomic E-state index is 0.0691. The van der Waals surface area contributed by atoms with Crippen molar-refractivity contribution in [3.8, 4) is 0 Å². The highest BCUT2D eigenvalue weighted by Gasteiger charge is 2.19. The van der Waals surface area contributed by atoms with Crippen LogP contribution in [0.15, 0.2) is 18.2 Å². The van der Waals surface area contributed by atoms with Crippen LogP contribution in [0.1, 0.15) is 29.8 Å². The predicted octanol–water partition coefficient (Wildman–Crippen LogP) is 1.87.